The monoisotopic (exact) mass is 398 g/mol. The molecule has 0 fully saturated rings. The molecule has 2 heteroatoms. The Labute approximate surface area is 182 Å². The second kappa shape index (κ2) is 7.41. The van der Waals surface area contributed by atoms with Gasteiger partial charge in [0.15, 0.2) is 0 Å². The Balaban J connectivity index is 1.70. The van der Waals surface area contributed by atoms with Crippen molar-refractivity contribution in [3.63, 3.8) is 0 Å². The average molecular weight is 399 g/mol. The molecule has 0 radical (unpaired) electrons. The number of aromatic nitrogens is 2. The molecule has 0 bridgehead atoms. The zero-order chi connectivity index (χ0) is 20.6. The van der Waals surface area contributed by atoms with Gasteiger partial charge >= 0.3 is 0 Å². The summed E-state index contributed by atoms with van der Waals surface area (Å²) < 4.78 is 2.27. The van der Waals surface area contributed by atoms with E-state index in [2.05, 4.69) is 120 Å². The van der Waals surface area contributed by atoms with E-state index in [9.17, 15) is 0 Å². The predicted molar refractivity (Wildman–Crippen MR) is 127 cm³/mol. The second-order valence-corrected chi connectivity index (χ2v) is 8.04. The highest BCUT2D eigenvalue weighted by molar-refractivity contribution is 5.93. The maximum absolute atomic E-state index is 5.27. The highest BCUT2D eigenvalue weighted by Crippen LogP contribution is 2.46. The van der Waals surface area contributed by atoms with Gasteiger partial charge in [0, 0.05) is 16.7 Å². The molecule has 1 atom stereocenters. The van der Waals surface area contributed by atoms with Crippen LogP contribution in [0.2, 0.25) is 0 Å². The van der Waals surface area contributed by atoms with E-state index in [4.69, 9.17) is 5.10 Å². The average Bonchev–Trinajstić information content (AvgIpc) is 3.26. The number of nitrogens with zero attached hydrogens (tertiary/aromatic N) is 2. The lowest BCUT2D eigenvalue weighted by Crippen LogP contribution is -2.21. The lowest BCUT2D eigenvalue weighted by atomic mass is 9.87. The molecule has 1 aromatic heterocycles. The minimum absolute atomic E-state index is 0.172. The summed E-state index contributed by atoms with van der Waals surface area (Å²) in [4.78, 5) is 0. The van der Waals surface area contributed by atoms with Gasteiger partial charge in [0.2, 0.25) is 0 Å². The molecule has 1 unspecified atom stereocenters. The maximum Gasteiger partial charge on any atom is 0.101 e. The van der Waals surface area contributed by atoms with Gasteiger partial charge in [0.1, 0.15) is 5.69 Å². The minimum Gasteiger partial charge on any atom is -0.256 e. The van der Waals surface area contributed by atoms with Gasteiger partial charge < -0.3 is 0 Å². The van der Waals surface area contributed by atoms with Crippen LogP contribution in [-0.4, -0.2) is 9.78 Å². The SMILES string of the molecule is c1ccc(-c2nn3c(c2-c2ccccc2)-c2ccccc2CC3c2ccccc2)cc1. The summed E-state index contributed by atoms with van der Waals surface area (Å²) in [6.45, 7) is 0. The summed E-state index contributed by atoms with van der Waals surface area (Å²) in [6, 6.07) is 40.9. The lowest BCUT2D eigenvalue weighted by Gasteiger charge is -2.28. The smallest absolute Gasteiger partial charge is 0.101 e. The van der Waals surface area contributed by atoms with Gasteiger partial charge in [-0.2, -0.15) is 5.10 Å². The molecule has 5 aromatic rings. The van der Waals surface area contributed by atoms with E-state index in [-0.39, 0.29) is 6.04 Å². The van der Waals surface area contributed by atoms with Gasteiger partial charge in [-0.15, -0.1) is 0 Å². The van der Waals surface area contributed by atoms with Gasteiger partial charge in [0.05, 0.1) is 11.7 Å². The molecule has 0 N–H and O–H groups in total. The van der Waals surface area contributed by atoms with Crippen molar-refractivity contribution in [3.8, 4) is 33.6 Å². The third-order valence-electron chi connectivity index (χ3n) is 6.19. The van der Waals surface area contributed by atoms with Crippen molar-refractivity contribution in [2.45, 2.75) is 12.5 Å². The normalized spacial score (nSPS) is 14.6. The molecule has 0 amide bonds. The molecule has 0 saturated heterocycles. The molecule has 6 rings (SSSR count). The fraction of sp³-hybridized carbons (Fsp3) is 0.0690. The molecule has 2 heterocycles. The maximum atomic E-state index is 5.27. The zero-order valence-electron chi connectivity index (χ0n) is 17.1. The van der Waals surface area contributed by atoms with Gasteiger partial charge in [-0.25, -0.2) is 0 Å². The number of benzene rings is 4. The molecule has 4 aromatic carbocycles. The molecule has 0 saturated carbocycles. The lowest BCUT2D eigenvalue weighted by molar-refractivity contribution is 0.516. The van der Waals surface area contributed by atoms with E-state index >= 15 is 0 Å². The molecule has 0 spiro atoms. The third-order valence-corrected chi connectivity index (χ3v) is 6.19. The number of rotatable bonds is 3. The Hall–Kier alpha value is -3.91. The van der Waals surface area contributed by atoms with Crippen LogP contribution in [0.5, 0.6) is 0 Å². The first-order valence-electron chi connectivity index (χ1n) is 10.8. The van der Waals surface area contributed by atoms with Crippen molar-refractivity contribution in [2.24, 2.45) is 0 Å². The summed E-state index contributed by atoms with van der Waals surface area (Å²) in [6.07, 6.45) is 0.942. The van der Waals surface area contributed by atoms with Crippen molar-refractivity contribution in [3.05, 3.63) is 126 Å². The van der Waals surface area contributed by atoms with Crippen LogP contribution in [0.3, 0.4) is 0 Å². The van der Waals surface area contributed by atoms with Crippen LogP contribution in [-0.2, 0) is 6.42 Å². The Morgan fingerprint density at radius 1 is 0.613 bits per heavy atom. The molecule has 31 heavy (non-hydrogen) atoms. The first kappa shape index (κ1) is 17.9. The second-order valence-electron chi connectivity index (χ2n) is 8.04. The van der Waals surface area contributed by atoms with E-state index in [1.807, 2.05) is 0 Å². The van der Waals surface area contributed by atoms with Crippen molar-refractivity contribution in [2.75, 3.05) is 0 Å². The van der Waals surface area contributed by atoms with E-state index in [1.54, 1.807) is 0 Å². The Morgan fingerprint density at radius 2 is 1.19 bits per heavy atom. The molecule has 1 aliphatic heterocycles. The largest absolute Gasteiger partial charge is 0.256 e. The van der Waals surface area contributed by atoms with E-state index in [0.29, 0.717) is 0 Å². The van der Waals surface area contributed by atoms with E-state index in [0.717, 1.165) is 17.7 Å². The fourth-order valence-electron chi connectivity index (χ4n) is 4.75. The summed E-state index contributed by atoms with van der Waals surface area (Å²) in [5, 5.41) is 5.27. The van der Waals surface area contributed by atoms with Gasteiger partial charge in [-0.05, 0) is 23.1 Å². The van der Waals surface area contributed by atoms with Gasteiger partial charge in [0.25, 0.3) is 0 Å². The van der Waals surface area contributed by atoms with Crippen LogP contribution in [0.25, 0.3) is 33.6 Å². The zero-order valence-corrected chi connectivity index (χ0v) is 17.1. The topological polar surface area (TPSA) is 17.8 Å². The molecule has 0 aliphatic carbocycles. The van der Waals surface area contributed by atoms with Crippen LogP contribution in [0.4, 0.5) is 0 Å². The Bertz CT molecular complexity index is 1340. The summed E-state index contributed by atoms with van der Waals surface area (Å²) >= 11 is 0. The number of fused-ring (bicyclic) bond motifs is 3. The van der Waals surface area contributed by atoms with Crippen LogP contribution in [0.1, 0.15) is 17.2 Å². The van der Waals surface area contributed by atoms with Crippen LogP contribution in [0.15, 0.2) is 115 Å². The summed E-state index contributed by atoms with van der Waals surface area (Å²) in [7, 11) is 0. The van der Waals surface area contributed by atoms with Gasteiger partial charge in [-0.1, -0.05) is 115 Å². The number of hydrogen-bond acceptors (Lipinski definition) is 1. The van der Waals surface area contributed by atoms with Gasteiger partial charge in [-0.3, -0.25) is 4.68 Å². The summed E-state index contributed by atoms with van der Waals surface area (Å²) in [5.74, 6) is 0. The standard InChI is InChI=1S/C29H22N2/c1-4-12-21(13-5-1)26-20-24-18-10-11-19-25(24)29-27(22-14-6-2-7-15-22)28(30-31(26)29)23-16-8-3-9-17-23/h1-19,26H,20H2. The van der Waals surface area contributed by atoms with Crippen molar-refractivity contribution >= 4 is 0 Å². The first-order chi connectivity index (χ1) is 15.4. The fourth-order valence-corrected chi connectivity index (χ4v) is 4.75. The van der Waals surface area contributed by atoms with E-state index < -0.39 is 0 Å². The minimum atomic E-state index is 0.172. The van der Waals surface area contributed by atoms with E-state index in [1.165, 1.54) is 33.5 Å². The Kier molecular flexibility index (Phi) is 4.28. The predicted octanol–water partition coefficient (Wildman–Crippen LogP) is 7.03. The van der Waals surface area contributed by atoms with Crippen molar-refractivity contribution in [1.29, 1.82) is 0 Å². The van der Waals surface area contributed by atoms with Crippen LogP contribution < -0.4 is 0 Å². The molecule has 148 valence electrons. The number of hydrogen-bond donors (Lipinski definition) is 0. The highest BCUT2D eigenvalue weighted by atomic mass is 15.3. The Morgan fingerprint density at radius 3 is 1.90 bits per heavy atom. The highest BCUT2D eigenvalue weighted by Gasteiger charge is 2.31. The molecular weight excluding hydrogens is 376 g/mol. The third kappa shape index (κ3) is 3.00. The van der Waals surface area contributed by atoms with Crippen molar-refractivity contribution < 1.29 is 0 Å². The van der Waals surface area contributed by atoms with Crippen LogP contribution in [0, 0.1) is 0 Å². The molecule has 1 aliphatic rings. The van der Waals surface area contributed by atoms with Crippen LogP contribution >= 0.6 is 0 Å². The quantitative estimate of drug-likeness (QED) is 0.319. The summed E-state index contributed by atoms with van der Waals surface area (Å²) in [5.41, 5.74) is 9.75. The molecule has 2 nitrogen and oxygen atoms in total. The molecular formula is C29H22N2. The first-order valence-corrected chi connectivity index (χ1v) is 10.8. The van der Waals surface area contributed by atoms with Crippen molar-refractivity contribution in [1.82, 2.24) is 9.78 Å².